The maximum atomic E-state index is 10.6. The van der Waals surface area contributed by atoms with Gasteiger partial charge in [-0.1, -0.05) is 5.16 Å². The number of thioether (sulfide) groups is 1. The lowest BCUT2D eigenvalue weighted by molar-refractivity contribution is 0.0702. The summed E-state index contributed by atoms with van der Waals surface area (Å²) >= 11 is 2.80. The Morgan fingerprint density at radius 1 is 1.67 bits per heavy atom. The fraction of sp³-hybridized carbons (Fsp3) is 0.111. The first-order valence-electron chi connectivity index (χ1n) is 4.08. The fourth-order valence-electron chi connectivity index (χ4n) is 0.971. The van der Waals surface area contributed by atoms with Crippen molar-refractivity contribution in [2.24, 2.45) is 0 Å². The van der Waals surface area contributed by atoms with Gasteiger partial charge in [-0.05, 0) is 6.07 Å². The summed E-state index contributed by atoms with van der Waals surface area (Å²) in [5.41, 5.74) is 0.989. The molecule has 78 valence electrons. The van der Waals surface area contributed by atoms with E-state index in [4.69, 9.17) is 9.63 Å². The molecule has 6 heteroatoms. The third kappa shape index (κ3) is 2.60. The van der Waals surface area contributed by atoms with Crippen LogP contribution in [-0.4, -0.2) is 16.2 Å². The quantitative estimate of drug-likeness (QED) is 0.834. The highest BCUT2D eigenvalue weighted by molar-refractivity contribution is 7.98. The molecule has 0 bridgehead atoms. The molecule has 0 amide bonds. The molecule has 1 N–H and O–H groups in total. The zero-order valence-electron chi connectivity index (χ0n) is 7.54. The molecule has 4 nitrogen and oxygen atoms in total. The first kappa shape index (κ1) is 10.3. The molecule has 0 radical (unpaired) electrons. The Morgan fingerprint density at radius 2 is 2.53 bits per heavy atom. The van der Waals surface area contributed by atoms with E-state index in [9.17, 15) is 4.79 Å². The van der Waals surface area contributed by atoms with E-state index in [-0.39, 0.29) is 0 Å². The van der Waals surface area contributed by atoms with Crippen LogP contribution in [0.5, 0.6) is 0 Å². The predicted octanol–water partition coefficient (Wildman–Crippen LogP) is 2.73. The lowest BCUT2D eigenvalue weighted by atomic mass is 10.4. The molecule has 0 unspecified atom stereocenters. The summed E-state index contributed by atoms with van der Waals surface area (Å²) in [6, 6.07) is 1.67. The first-order valence-corrected chi connectivity index (χ1v) is 5.95. The summed E-state index contributed by atoms with van der Waals surface area (Å²) < 4.78 is 4.69. The molecule has 15 heavy (non-hydrogen) atoms. The van der Waals surface area contributed by atoms with Crippen LogP contribution in [0, 0.1) is 0 Å². The smallest absolute Gasteiger partial charge is 0.345 e. The van der Waals surface area contributed by atoms with Crippen LogP contribution in [0.15, 0.2) is 33.3 Å². The lowest BCUT2D eigenvalue weighted by Gasteiger charge is -1.92. The molecule has 2 aromatic heterocycles. The molecule has 0 aliphatic rings. The van der Waals surface area contributed by atoms with Gasteiger partial charge in [-0.3, -0.25) is 0 Å². The maximum Gasteiger partial charge on any atom is 0.345 e. The van der Waals surface area contributed by atoms with E-state index in [1.807, 2.05) is 5.38 Å². The van der Waals surface area contributed by atoms with Gasteiger partial charge in [0.2, 0.25) is 0 Å². The largest absolute Gasteiger partial charge is 0.477 e. The molecule has 0 spiro atoms. The molecule has 0 saturated carbocycles. The van der Waals surface area contributed by atoms with Crippen molar-refractivity contribution < 1.29 is 14.4 Å². The van der Waals surface area contributed by atoms with Crippen molar-refractivity contribution in [3.8, 4) is 0 Å². The SMILES string of the molecule is O=C(O)c1cc(SCc2cnoc2)cs1. The second-order valence-corrected chi connectivity index (χ2v) is 4.73. The number of carboxylic acids is 1. The Morgan fingerprint density at radius 3 is 3.13 bits per heavy atom. The number of hydrogen-bond donors (Lipinski definition) is 1. The standard InChI is InChI=1S/C9H7NO3S2/c11-9(12)8-1-7(5-15-8)14-4-6-2-10-13-3-6/h1-3,5H,4H2,(H,11,12). The second kappa shape index (κ2) is 4.50. The third-order valence-corrected chi connectivity index (χ3v) is 3.79. The molecule has 2 heterocycles. The van der Waals surface area contributed by atoms with E-state index in [1.165, 1.54) is 11.3 Å². The minimum absolute atomic E-state index is 0.364. The minimum atomic E-state index is -0.878. The van der Waals surface area contributed by atoms with E-state index in [0.717, 1.165) is 16.2 Å². The molecule has 2 aromatic rings. The molecule has 0 aliphatic heterocycles. The van der Waals surface area contributed by atoms with Crippen molar-refractivity contribution >= 4 is 29.1 Å². The number of hydrogen-bond acceptors (Lipinski definition) is 5. The van der Waals surface area contributed by atoms with Gasteiger partial charge in [0.15, 0.2) is 0 Å². The Bertz CT molecular complexity index is 450. The number of carbonyl (C=O) groups is 1. The molecule has 0 fully saturated rings. The Balaban J connectivity index is 1.96. The van der Waals surface area contributed by atoms with Gasteiger partial charge in [-0.2, -0.15) is 0 Å². The topological polar surface area (TPSA) is 63.3 Å². The van der Waals surface area contributed by atoms with E-state index in [0.29, 0.717) is 4.88 Å². The molecular weight excluding hydrogens is 234 g/mol. The van der Waals surface area contributed by atoms with Gasteiger partial charge < -0.3 is 9.63 Å². The molecule has 0 atom stereocenters. The van der Waals surface area contributed by atoms with Crippen molar-refractivity contribution in [2.45, 2.75) is 10.6 Å². The predicted molar refractivity (Wildman–Crippen MR) is 57.3 cm³/mol. The van der Waals surface area contributed by atoms with E-state index >= 15 is 0 Å². The molecule has 0 saturated heterocycles. The van der Waals surface area contributed by atoms with Gasteiger partial charge in [0.1, 0.15) is 11.1 Å². The fourth-order valence-corrected chi connectivity index (χ4v) is 2.75. The Hall–Kier alpha value is -1.27. The highest BCUT2D eigenvalue weighted by atomic mass is 32.2. The van der Waals surface area contributed by atoms with Crippen molar-refractivity contribution in [1.29, 1.82) is 0 Å². The molecule has 0 aromatic carbocycles. The highest BCUT2D eigenvalue weighted by Crippen LogP contribution is 2.27. The Kier molecular flexibility index (Phi) is 3.08. The number of nitrogens with zero attached hydrogens (tertiary/aromatic N) is 1. The van der Waals surface area contributed by atoms with Crippen LogP contribution >= 0.6 is 23.1 Å². The summed E-state index contributed by atoms with van der Waals surface area (Å²) in [5, 5.41) is 14.1. The van der Waals surface area contributed by atoms with Crippen molar-refractivity contribution in [2.75, 3.05) is 0 Å². The van der Waals surface area contributed by atoms with Crippen LogP contribution in [0.25, 0.3) is 0 Å². The van der Waals surface area contributed by atoms with Gasteiger partial charge in [0.05, 0.1) is 6.20 Å². The van der Waals surface area contributed by atoms with Crippen molar-refractivity contribution in [1.82, 2.24) is 5.16 Å². The number of aromatic carboxylic acids is 1. The van der Waals surface area contributed by atoms with Crippen LogP contribution in [-0.2, 0) is 5.75 Å². The van der Waals surface area contributed by atoms with E-state index in [1.54, 1.807) is 30.3 Å². The van der Waals surface area contributed by atoms with E-state index in [2.05, 4.69) is 5.16 Å². The summed E-state index contributed by atoms with van der Waals surface area (Å²) in [6.07, 6.45) is 3.23. The molecule has 2 rings (SSSR count). The normalized spacial score (nSPS) is 10.4. The number of rotatable bonds is 4. The third-order valence-electron chi connectivity index (χ3n) is 1.68. The van der Waals surface area contributed by atoms with Gasteiger partial charge >= 0.3 is 5.97 Å². The van der Waals surface area contributed by atoms with Crippen molar-refractivity contribution in [3.63, 3.8) is 0 Å². The summed E-state index contributed by atoms with van der Waals surface area (Å²) in [6.45, 7) is 0. The van der Waals surface area contributed by atoms with Gasteiger partial charge in [-0.15, -0.1) is 23.1 Å². The van der Waals surface area contributed by atoms with Gasteiger partial charge in [0.25, 0.3) is 0 Å². The maximum absolute atomic E-state index is 10.6. The average Bonchev–Trinajstić information content (AvgIpc) is 2.86. The van der Waals surface area contributed by atoms with Crippen LogP contribution in [0.4, 0.5) is 0 Å². The van der Waals surface area contributed by atoms with Crippen molar-refractivity contribution in [3.05, 3.63) is 34.3 Å². The average molecular weight is 241 g/mol. The number of thiophene rings is 1. The number of carboxylic acid groups (broad SMARTS) is 1. The van der Waals surface area contributed by atoms with Gasteiger partial charge in [0, 0.05) is 21.6 Å². The molecular formula is C9H7NO3S2. The van der Waals surface area contributed by atoms with Crippen LogP contribution in [0.2, 0.25) is 0 Å². The van der Waals surface area contributed by atoms with Crippen LogP contribution in [0.3, 0.4) is 0 Å². The summed E-state index contributed by atoms with van der Waals surface area (Å²) in [5.74, 6) is -0.143. The summed E-state index contributed by atoms with van der Waals surface area (Å²) in [4.78, 5) is 11.9. The Labute approximate surface area is 93.9 Å². The second-order valence-electron chi connectivity index (χ2n) is 2.77. The van der Waals surface area contributed by atoms with E-state index < -0.39 is 5.97 Å². The zero-order chi connectivity index (χ0) is 10.7. The highest BCUT2D eigenvalue weighted by Gasteiger charge is 2.07. The lowest BCUT2D eigenvalue weighted by Crippen LogP contribution is -1.89. The monoisotopic (exact) mass is 241 g/mol. The van der Waals surface area contributed by atoms with Crippen LogP contribution in [0.1, 0.15) is 15.2 Å². The van der Waals surface area contributed by atoms with Gasteiger partial charge in [-0.25, -0.2) is 4.79 Å². The zero-order valence-corrected chi connectivity index (χ0v) is 9.18. The van der Waals surface area contributed by atoms with Crippen LogP contribution < -0.4 is 0 Å². The number of aromatic nitrogens is 1. The summed E-state index contributed by atoms with van der Waals surface area (Å²) in [7, 11) is 0. The molecule has 0 aliphatic carbocycles. The minimum Gasteiger partial charge on any atom is -0.477 e. The first-order chi connectivity index (χ1) is 7.25.